The van der Waals surface area contributed by atoms with E-state index in [1.807, 2.05) is 0 Å². The Labute approximate surface area is 109 Å². The molecule has 0 aromatic carbocycles. The van der Waals surface area contributed by atoms with E-state index in [0.717, 1.165) is 5.65 Å². The molecule has 7 heteroatoms. The van der Waals surface area contributed by atoms with Gasteiger partial charge in [-0.25, -0.2) is 9.97 Å². The summed E-state index contributed by atoms with van der Waals surface area (Å²) in [5.74, 6) is 0. The van der Waals surface area contributed by atoms with E-state index in [1.165, 1.54) is 0 Å². The maximum atomic E-state index is 12.4. The van der Waals surface area contributed by atoms with Crippen molar-refractivity contribution in [1.82, 2.24) is 18.4 Å². The molecule has 0 N–H and O–H groups in total. The zero-order valence-corrected chi connectivity index (χ0v) is 13.9. The lowest BCUT2D eigenvalue weighted by atomic mass is 10.5. The molecule has 0 amide bonds. The molecule has 0 aliphatic carbocycles. The van der Waals surface area contributed by atoms with Crippen LogP contribution in [0.2, 0.25) is 39.3 Å². The van der Waals surface area contributed by atoms with Crippen LogP contribution in [0.3, 0.4) is 0 Å². The Morgan fingerprint density at radius 1 is 0.889 bits per heavy atom. The van der Waals surface area contributed by atoms with Crippen LogP contribution >= 0.6 is 0 Å². The Morgan fingerprint density at radius 2 is 1.39 bits per heavy atom. The van der Waals surface area contributed by atoms with Crippen molar-refractivity contribution in [1.29, 1.82) is 0 Å². The fourth-order valence-corrected chi connectivity index (χ4v) is 4.19. The number of aromatic nitrogens is 4. The standard InChI is InChI=1S/C11H20N4OSi2/c1-17(2,3)14-7-12-9-10(14)13-8-15(11(9)16)18(4,5)6/h7-8H,1-6H3. The van der Waals surface area contributed by atoms with Crippen LogP contribution in [0.4, 0.5) is 0 Å². The zero-order valence-electron chi connectivity index (χ0n) is 11.9. The molecule has 2 aromatic heterocycles. The number of fused-ring (bicyclic) bond motifs is 1. The Balaban J connectivity index is 2.77. The van der Waals surface area contributed by atoms with Gasteiger partial charge >= 0.3 is 0 Å². The summed E-state index contributed by atoms with van der Waals surface area (Å²) in [6.07, 6.45) is 3.45. The number of rotatable bonds is 2. The van der Waals surface area contributed by atoms with Gasteiger partial charge in [-0.1, -0.05) is 39.3 Å². The summed E-state index contributed by atoms with van der Waals surface area (Å²) >= 11 is 0. The topological polar surface area (TPSA) is 52.7 Å². The molecule has 0 saturated carbocycles. The average molecular weight is 280 g/mol. The molecule has 0 aliphatic heterocycles. The van der Waals surface area contributed by atoms with Crippen molar-refractivity contribution in [2.45, 2.75) is 39.3 Å². The van der Waals surface area contributed by atoms with Gasteiger partial charge in [0.05, 0.1) is 12.7 Å². The molecular formula is C11H20N4OSi2. The minimum atomic E-state index is -1.73. The van der Waals surface area contributed by atoms with E-state index in [4.69, 9.17) is 0 Å². The normalized spacial score (nSPS) is 13.2. The third kappa shape index (κ3) is 2.08. The second-order valence-electron chi connectivity index (χ2n) is 6.55. The van der Waals surface area contributed by atoms with E-state index in [-0.39, 0.29) is 5.56 Å². The molecule has 0 unspecified atom stereocenters. The molecule has 18 heavy (non-hydrogen) atoms. The molecule has 2 heterocycles. The smallest absolute Gasteiger partial charge is 0.273 e. The van der Waals surface area contributed by atoms with E-state index in [0.29, 0.717) is 5.52 Å². The Bertz CT molecular complexity index is 646. The second kappa shape index (κ2) is 3.89. The van der Waals surface area contributed by atoms with Crippen molar-refractivity contribution in [2.24, 2.45) is 0 Å². The second-order valence-corrected chi connectivity index (χ2v) is 16.2. The van der Waals surface area contributed by atoms with Crippen LogP contribution in [0.5, 0.6) is 0 Å². The molecule has 0 radical (unpaired) electrons. The summed E-state index contributed by atoms with van der Waals surface area (Å²) in [5, 5.41) is 0. The minimum Gasteiger partial charge on any atom is -0.344 e. The van der Waals surface area contributed by atoms with E-state index >= 15 is 0 Å². The highest BCUT2D eigenvalue weighted by Gasteiger charge is 2.24. The van der Waals surface area contributed by atoms with E-state index in [2.05, 4.69) is 53.5 Å². The van der Waals surface area contributed by atoms with Crippen molar-refractivity contribution in [3.8, 4) is 0 Å². The molecule has 5 nitrogen and oxygen atoms in total. The average Bonchev–Trinajstić information content (AvgIpc) is 2.59. The first-order valence-corrected chi connectivity index (χ1v) is 13.0. The van der Waals surface area contributed by atoms with Gasteiger partial charge in [0.15, 0.2) is 27.6 Å². The summed E-state index contributed by atoms with van der Waals surface area (Å²) in [6, 6.07) is 0. The molecule has 98 valence electrons. The van der Waals surface area contributed by atoms with Crippen molar-refractivity contribution in [3.05, 3.63) is 23.0 Å². The van der Waals surface area contributed by atoms with Gasteiger partial charge in [-0.2, -0.15) is 0 Å². The molecule has 0 aliphatic rings. The lowest BCUT2D eigenvalue weighted by Crippen LogP contribution is -2.41. The van der Waals surface area contributed by atoms with Gasteiger partial charge in [-0.3, -0.25) is 4.79 Å². The van der Waals surface area contributed by atoms with Gasteiger partial charge < -0.3 is 8.47 Å². The van der Waals surface area contributed by atoms with Crippen LogP contribution in [-0.2, 0) is 0 Å². The first-order valence-electron chi connectivity index (χ1n) is 6.08. The molecule has 0 spiro atoms. The van der Waals surface area contributed by atoms with Crippen LogP contribution < -0.4 is 5.56 Å². The maximum absolute atomic E-state index is 12.4. The van der Waals surface area contributed by atoms with Crippen LogP contribution in [-0.4, -0.2) is 34.9 Å². The van der Waals surface area contributed by atoms with Crippen molar-refractivity contribution in [3.63, 3.8) is 0 Å². The first-order chi connectivity index (χ1) is 8.12. The quantitative estimate of drug-likeness (QED) is 0.790. The first kappa shape index (κ1) is 13.2. The largest absolute Gasteiger partial charge is 0.344 e. The summed E-state index contributed by atoms with van der Waals surface area (Å²) < 4.78 is 3.86. The van der Waals surface area contributed by atoms with Crippen molar-refractivity contribution < 1.29 is 0 Å². The van der Waals surface area contributed by atoms with E-state index < -0.39 is 16.5 Å². The van der Waals surface area contributed by atoms with Gasteiger partial charge in [-0.15, -0.1) is 0 Å². The van der Waals surface area contributed by atoms with Crippen molar-refractivity contribution in [2.75, 3.05) is 0 Å². The summed E-state index contributed by atoms with van der Waals surface area (Å²) in [5.41, 5.74) is 1.23. The minimum absolute atomic E-state index is 0.00355. The van der Waals surface area contributed by atoms with Gasteiger partial charge in [-0.05, 0) is 0 Å². The fraction of sp³-hybridized carbons (Fsp3) is 0.545. The van der Waals surface area contributed by atoms with Gasteiger partial charge in [0.1, 0.15) is 0 Å². The van der Waals surface area contributed by atoms with Crippen LogP contribution in [0, 0.1) is 0 Å². The summed E-state index contributed by atoms with van der Waals surface area (Å²) in [7, 11) is -3.30. The molecule has 0 atom stereocenters. The lowest BCUT2D eigenvalue weighted by Gasteiger charge is -2.20. The molecule has 2 aromatic rings. The number of imidazole rings is 1. The fourth-order valence-electron chi connectivity index (χ4n) is 1.86. The third-order valence-electron chi connectivity index (χ3n) is 2.90. The number of hydrogen-bond acceptors (Lipinski definition) is 3. The third-order valence-corrected chi connectivity index (χ3v) is 6.44. The Morgan fingerprint density at radius 3 is 1.89 bits per heavy atom. The molecular weight excluding hydrogens is 260 g/mol. The van der Waals surface area contributed by atoms with Crippen LogP contribution in [0.25, 0.3) is 11.2 Å². The molecule has 2 rings (SSSR count). The van der Waals surface area contributed by atoms with E-state index in [9.17, 15) is 4.79 Å². The maximum Gasteiger partial charge on any atom is 0.273 e. The van der Waals surface area contributed by atoms with Gasteiger partial charge in [0.2, 0.25) is 0 Å². The highest BCUT2D eigenvalue weighted by atomic mass is 28.3. The predicted molar refractivity (Wildman–Crippen MR) is 79.3 cm³/mol. The predicted octanol–water partition coefficient (Wildman–Crippen LogP) is 1.96. The highest BCUT2D eigenvalue weighted by Crippen LogP contribution is 2.14. The Kier molecular flexibility index (Phi) is 2.86. The van der Waals surface area contributed by atoms with Gasteiger partial charge in [0, 0.05) is 0 Å². The van der Waals surface area contributed by atoms with Crippen LogP contribution in [0.1, 0.15) is 0 Å². The van der Waals surface area contributed by atoms with Gasteiger partial charge in [0.25, 0.3) is 5.56 Å². The Hall–Kier alpha value is -1.22. The SMILES string of the molecule is C[Si](C)(C)n1cnc2c(ncn2[Si](C)(C)C)c1=O. The summed E-state index contributed by atoms with van der Waals surface area (Å²) in [6.45, 7) is 13.0. The zero-order chi connectivity index (χ0) is 13.7. The monoisotopic (exact) mass is 280 g/mol. The van der Waals surface area contributed by atoms with Crippen LogP contribution in [0.15, 0.2) is 17.4 Å². The number of hydrogen-bond donors (Lipinski definition) is 0. The number of nitrogens with zero attached hydrogens (tertiary/aromatic N) is 4. The molecule has 0 bridgehead atoms. The van der Waals surface area contributed by atoms with Crippen molar-refractivity contribution >= 4 is 27.6 Å². The summed E-state index contributed by atoms with van der Waals surface area (Å²) in [4.78, 5) is 21.2. The van der Waals surface area contributed by atoms with E-state index in [1.54, 1.807) is 16.9 Å². The molecule has 0 saturated heterocycles. The highest BCUT2D eigenvalue weighted by molar-refractivity contribution is 6.75. The lowest BCUT2D eigenvalue weighted by molar-refractivity contribution is 1.00. The molecule has 0 fully saturated rings.